The number of aryl methyl sites for hydroxylation is 1. The quantitative estimate of drug-likeness (QED) is 0.297. The zero-order valence-electron chi connectivity index (χ0n) is 27.5. The first-order chi connectivity index (χ1) is 23.4. The molecule has 0 fully saturated rings. The summed E-state index contributed by atoms with van der Waals surface area (Å²) in [5, 5.41) is 2.97. The van der Waals surface area contributed by atoms with Crippen molar-refractivity contribution in [2.45, 2.75) is 31.7 Å². The van der Waals surface area contributed by atoms with Crippen molar-refractivity contribution in [2.24, 2.45) is 0 Å². The van der Waals surface area contributed by atoms with E-state index >= 15 is 0 Å². The maximum Gasteiger partial charge on any atom is 0.260 e. The molecule has 7 rings (SSSR count). The van der Waals surface area contributed by atoms with Crippen LogP contribution in [0.1, 0.15) is 51.5 Å². The number of rotatable bonds is 5. The van der Waals surface area contributed by atoms with Gasteiger partial charge in [-0.25, -0.2) is 0 Å². The molecular formula is C37H39N3O8. The van der Waals surface area contributed by atoms with Gasteiger partial charge in [-0.3, -0.25) is 9.59 Å². The average Bonchev–Trinajstić information content (AvgIpc) is 3.12. The number of hydrogen-bond donors (Lipinski definition) is 1. The highest BCUT2D eigenvalue weighted by Crippen LogP contribution is 2.45. The number of carbonyl (C=O) groups is 2. The van der Waals surface area contributed by atoms with E-state index in [0.717, 1.165) is 22.3 Å². The van der Waals surface area contributed by atoms with E-state index in [1.165, 1.54) is 14.2 Å². The van der Waals surface area contributed by atoms with E-state index in [0.29, 0.717) is 85.6 Å². The predicted octanol–water partition coefficient (Wildman–Crippen LogP) is 5.53. The van der Waals surface area contributed by atoms with Crippen molar-refractivity contribution < 1.29 is 38.0 Å². The SMILES string of the molecule is COc1ccc(C(=O)N2CCc3cc4c(OC)cc3C2c2ccc(OC)c(c2)OCCCNC(=O)CCc2cccc(c2)O4)c(OC)n1. The highest BCUT2D eigenvalue weighted by Gasteiger charge is 2.36. The van der Waals surface area contributed by atoms with E-state index in [1.807, 2.05) is 59.5 Å². The smallest absolute Gasteiger partial charge is 0.260 e. The van der Waals surface area contributed by atoms with E-state index in [9.17, 15) is 9.59 Å². The van der Waals surface area contributed by atoms with E-state index in [-0.39, 0.29) is 17.7 Å². The highest BCUT2D eigenvalue weighted by atomic mass is 16.5. The normalized spacial score (nSPS) is 16.1. The molecule has 2 amide bonds. The first kappa shape index (κ1) is 32.5. The molecule has 3 aliphatic heterocycles. The molecule has 8 bridgehead atoms. The summed E-state index contributed by atoms with van der Waals surface area (Å²) in [4.78, 5) is 33.1. The van der Waals surface area contributed by atoms with Gasteiger partial charge in [-0.15, -0.1) is 0 Å². The average molecular weight is 654 g/mol. The van der Waals surface area contributed by atoms with Gasteiger partial charge in [-0.05, 0) is 84.0 Å². The lowest BCUT2D eigenvalue weighted by molar-refractivity contribution is -0.121. The number of ether oxygens (including phenoxy) is 6. The van der Waals surface area contributed by atoms with Crippen LogP contribution in [-0.4, -0.2) is 69.8 Å². The summed E-state index contributed by atoms with van der Waals surface area (Å²) in [6.45, 7) is 1.24. The highest BCUT2D eigenvalue weighted by molar-refractivity contribution is 5.97. The molecule has 0 saturated carbocycles. The van der Waals surface area contributed by atoms with Crippen molar-refractivity contribution >= 4 is 11.8 Å². The van der Waals surface area contributed by atoms with E-state index in [1.54, 1.807) is 26.4 Å². The molecule has 1 unspecified atom stereocenters. The van der Waals surface area contributed by atoms with Crippen molar-refractivity contribution in [3.63, 3.8) is 0 Å². The van der Waals surface area contributed by atoms with E-state index in [2.05, 4.69) is 10.3 Å². The van der Waals surface area contributed by atoms with E-state index in [4.69, 9.17) is 28.4 Å². The van der Waals surface area contributed by atoms with Crippen molar-refractivity contribution in [1.29, 1.82) is 0 Å². The number of aromatic nitrogens is 1. The van der Waals surface area contributed by atoms with E-state index < -0.39 is 6.04 Å². The molecule has 3 aliphatic rings. The van der Waals surface area contributed by atoms with Crippen molar-refractivity contribution in [1.82, 2.24) is 15.2 Å². The van der Waals surface area contributed by atoms with Crippen LogP contribution in [0.25, 0.3) is 0 Å². The fourth-order valence-corrected chi connectivity index (χ4v) is 6.15. The van der Waals surface area contributed by atoms with Crippen molar-refractivity contribution in [3.8, 4) is 40.5 Å². The number of hydrogen-bond acceptors (Lipinski definition) is 9. The molecule has 1 atom stereocenters. The third kappa shape index (κ3) is 6.80. The van der Waals surface area contributed by atoms with Crippen LogP contribution in [0.5, 0.6) is 40.5 Å². The first-order valence-corrected chi connectivity index (χ1v) is 15.9. The molecule has 0 aliphatic carbocycles. The minimum Gasteiger partial charge on any atom is -0.493 e. The standard InChI is InChI=1S/C37H39N3O8/c1-43-29-12-10-25-21-31(29)47-18-6-16-38-33(41)13-9-23-7-5-8-26(19-23)48-32-20-24-15-17-40(35(25)28(24)22-30(32)44-2)37(42)27-11-14-34(45-3)39-36(27)46-4/h5,7-8,10-12,14,19-22,35H,6,9,13,15-18H2,1-4H3,(H,38,41). The number of benzene rings is 3. The van der Waals surface area contributed by atoms with Crippen molar-refractivity contribution in [3.05, 3.63) is 94.5 Å². The van der Waals surface area contributed by atoms with Gasteiger partial charge in [-0.1, -0.05) is 18.2 Å². The van der Waals surface area contributed by atoms with Gasteiger partial charge >= 0.3 is 0 Å². The molecule has 11 nitrogen and oxygen atoms in total. The lowest BCUT2D eigenvalue weighted by Crippen LogP contribution is -2.41. The largest absolute Gasteiger partial charge is 0.493 e. The van der Waals surface area contributed by atoms with Gasteiger partial charge < -0.3 is 38.6 Å². The topological polar surface area (TPSA) is 118 Å². The predicted molar refractivity (Wildman–Crippen MR) is 178 cm³/mol. The molecule has 3 aromatic carbocycles. The summed E-state index contributed by atoms with van der Waals surface area (Å²) in [6.07, 6.45) is 2.10. The van der Waals surface area contributed by atoms with Gasteiger partial charge in [0.15, 0.2) is 23.0 Å². The number of carbonyl (C=O) groups excluding carboxylic acids is 2. The number of methoxy groups -OCH3 is 4. The van der Waals surface area contributed by atoms with Crippen LogP contribution in [0, 0.1) is 0 Å². The van der Waals surface area contributed by atoms with Gasteiger partial charge in [0.1, 0.15) is 11.3 Å². The Balaban J connectivity index is 1.48. The van der Waals surface area contributed by atoms with Crippen LogP contribution in [-0.2, 0) is 17.6 Å². The van der Waals surface area contributed by atoms with Crippen molar-refractivity contribution in [2.75, 3.05) is 48.1 Å². The number of amides is 2. The third-order valence-electron chi connectivity index (χ3n) is 8.55. The second-order valence-corrected chi connectivity index (χ2v) is 11.5. The Morgan fingerprint density at radius 3 is 2.52 bits per heavy atom. The number of pyridine rings is 1. The fourth-order valence-electron chi connectivity index (χ4n) is 6.15. The second kappa shape index (κ2) is 14.5. The Bertz CT molecular complexity index is 1810. The molecule has 0 radical (unpaired) electrons. The molecule has 11 heteroatoms. The van der Waals surface area contributed by atoms with Crippen LogP contribution >= 0.6 is 0 Å². The Morgan fingerprint density at radius 1 is 0.875 bits per heavy atom. The first-order valence-electron chi connectivity index (χ1n) is 15.9. The Kier molecular flexibility index (Phi) is 9.84. The second-order valence-electron chi connectivity index (χ2n) is 11.5. The zero-order chi connectivity index (χ0) is 33.6. The summed E-state index contributed by atoms with van der Waals surface area (Å²) in [5.41, 5.74) is 4.01. The summed E-state index contributed by atoms with van der Waals surface area (Å²) < 4.78 is 34.9. The number of nitrogens with zero attached hydrogens (tertiary/aromatic N) is 2. The molecule has 1 N–H and O–H groups in total. The number of fused-ring (bicyclic) bond motifs is 8. The van der Waals surface area contributed by atoms with Crippen LogP contribution in [0.4, 0.5) is 0 Å². The van der Waals surface area contributed by atoms with Gasteiger partial charge in [0.2, 0.25) is 17.7 Å². The van der Waals surface area contributed by atoms with Gasteiger partial charge in [0.25, 0.3) is 5.91 Å². The Morgan fingerprint density at radius 2 is 1.73 bits per heavy atom. The maximum absolute atomic E-state index is 14.4. The van der Waals surface area contributed by atoms with Gasteiger partial charge in [0, 0.05) is 25.6 Å². The molecule has 4 heterocycles. The molecule has 250 valence electrons. The molecular weight excluding hydrogens is 614 g/mol. The summed E-state index contributed by atoms with van der Waals surface area (Å²) in [7, 11) is 6.17. The molecule has 0 spiro atoms. The van der Waals surface area contributed by atoms with Crippen LogP contribution in [0.2, 0.25) is 0 Å². The van der Waals surface area contributed by atoms with Gasteiger partial charge in [-0.2, -0.15) is 4.98 Å². The van der Waals surface area contributed by atoms with Gasteiger partial charge in [0.05, 0.1) is 41.1 Å². The molecule has 4 aromatic rings. The summed E-state index contributed by atoms with van der Waals surface area (Å²) in [6, 6.07) is 20.1. The minimum atomic E-state index is -0.530. The summed E-state index contributed by atoms with van der Waals surface area (Å²) >= 11 is 0. The van der Waals surface area contributed by atoms with Crippen LogP contribution < -0.4 is 33.7 Å². The molecule has 48 heavy (non-hydrogen) atoms. The fraction of sp³-hybridized carbons (Fsp3) is 0.324. The lowest BCUT2D eigenvalue weighted by atomic mass is 9.87. The van der Waals surface area contributed by atoms with Crippen LogP contribution in [0.15, 0.2) is 66.7 Å². The third-order valence-corrected chi connectivity index (χ3v) is 8.55. The Hall–Kier alpha value is -5.45. The number of nitrogens with one attached hydrogen (secondary N) is 1. The maximum atomic E-state index is 14.4. The lowest BCUT2D eigenvalue weighted by Gasteiger charge is -2.38. The molecule has 0 saturated heterocycles. The monoisotopic (exact) mass is 653 g/mol. The van der Waals surface area contributed by atoms with Crippen LogP contribution in [0.3, 0.4) is 0 Å². The minimum absolute atomic E-state index is 0.0318. The zero-order valence-corrected chi connectivity index (χ0v) is 27.5. The molecule has 1 aromatic heterocycles. The summed E-state index contributed by atoms with van der Waals surface area (Å²) in [5.74, 6) is 3.03. The Labute approximate surface area is 279 Å².